The first-order chi connectivity index (χ1) is 6.66. The van der Waals surface area contributed by atoms with E-state index in [1.165, 1.54) is 17.5 Å². The second kappa shape index (κ2) is 3.55. The van der Waals surface area contributed by atoms with Crippen LogP contribution in [0.2, 0.25) is 0 Å². The summed E-state index contributed by atoms with van der Waals surface area (Å²) in [4.78, 5) is 17.0. The molecule has 2 rings (SSSR count). The maximum atomic E-state index is 10.6. The van der Waals surface area contributed by atoms with E-state index in [1.54, 1.807) is 0 Å². The lowest BCUT2D eigenvalue weighted by atomic mass is 10.3. The van der Waals surface area contributed by atoms with Crippen molar-refractivity contribution < 1.29 is 9.90 Å². The number of aromatic nitrogens is 1. The molecule has 3 N–H and O–H groups in total. The highest BCUT2D eigenvalue weighted by Gasteiger charge is 2.22. The molecule has 76 valence electrons. The average molecular weight is 213 g/mol. The van der Waals surface area contributed by atoms with E-state index >= 15 is 0 Å². The Morgan fingerprint density at radius 2 is 2.57 bits per heavy atom. The summed E-state index contributed by atoms with van der Waals surface area (Å²) in [7, 11) is 0. The van der Waals surface area contributed by atoms with Gasteiger partial charge in [0.1, 0.15) is 4.88 Å². The zero-order chi connectivity index (χ0) is 10.1. The number of anilines is 1. The lowest BCUT2D eigenvalue weighted by Gasteiger charge is -2.12. The summed E-state index contributed by atoms with van der Waals surface area (Å²) in [5.74, 6) is -0.919. The lowest BCUT2D eigenvalue weighted by Crippen LogP contribution is -2.26. The van der Waals surface area contributed by atoms with E-state index in [9.17, 15) is 4.79 Å². The van der Waals surface area contributed by atoms with Gasteiger partial charge < -0.3 is 15.7 Å². The lowest BCUT2D eigenvalue weighted by molar-refractivity contribution is 0.0702. The molecule has 1 aliphatic heterocycles. The van der Waals surface area contributed by atoms with Crippen LogP contribution in [0, 0.1) is 0 Å². The maximum absolute atomic E-state index is 10.6. The third kappa shape index (κ3) is 1.71. The minimum atomic E-state index is -0.919. The average Bonchev–Trinajstić information content (AvgIpc) is 2.70. The number of nitrogens with two attached hydrogens (primary N) is 1. The van der Waals surface area contributed by atoms with Gasteiger partial charge in [-0.2, -0.15) is 0 Å². The van der Waals surface area contributed by atoms with Gasteiger partial charge in [0.2, 0.25) is 0 Å². The Balaban J connectivity index is 2.13. The van der Waals surface area contributed by atoms with Crippen LogP contribution >= 0.6 is 11.3 Å². The molecule has 6 heteroatoms. The molecule has 2 heterocycles. The van der Waals surface area contributed by atoms with Crippen LogP contribution in [-0.2, 0) is 0 Å². The van der Waals surface area contributed by atoms with Crippen molar-refractivity contribution >= 4 is 22.4 Å². The maximum Gasteiger partial charge on any atom is 0.347 e. The smallest absolute Gasteiger partial charge is 0.347 e. The van der Waals surface area contributed by atoms with Gasteiger partial charge in [0, 0.05) is 19.1 Å². The van der Waals surface area contributed by atoms with Crippen molar-refractivity contribution in [2.45, 2.75) is 12.5 Å². The van der Waals surface area contributed by atoms with Crippen molar-refractivity contribution in [3.8, 4) is 0 Å². The van der Waals surface area contributed by atoms with E-state index in [-0.39, 0.29) is 10.9 Å². The molecule has 1 atom stereocenters. The summed E-state index contributed by atoms with van der Waals surface area (Å²) in [5, 5.41) is 9.48. The summed E-state index contributed by atoms with van der Waals surface area (Å²) in [6.45, 7) is 1.64. The topological polar surface area (TPSA) is 79.5 Å². The van der Waals surface area contributed by atoms with Crippen LogP contribution in [0.3, 0.4) is 0 Å². The highest BCUT2D eigenvalue weighted by Crippen LogP contribution is 2.25. The van der Waals surface area contributed by atoms with E-state index in [4.69, 9.17) is 10.8 Å². The molecule has 0 spiro atoms. The normalized spacial score (nSPS) is 21.5. The Hall–Kier alpha value is -1.14. The molecule has 0 aromatic carbocycles. The molecule has 1 aromatic heterocycles. The van der Waals surface area contributed by atoms with Crippen LogP contribution in [0.5, 0.6) is 0 Å². The van der Waals surface area contributed by atoms with E-state index < -0.39 is 5.97 Å². The number of thiazole rings is 1. The fourth-order valence-corrected chi connectivity index (χ4v) is 2.26. The number of nitrogens with zero attached hydrogens (tertiary/aromatic N) is 2. The minimum Gasteiger partial charge on any atom is -0.477 e. The van der Waals surface area contributed by atoms with Crippen molar-refractivity contribution in [1.29, 1.82) is 0 Å². The highest BCUT2D eigenvalue weighted by molar-refractivity contribution is 7.17. The molecule has 1 saturated heterocycles. The summed E-state index contributed by atoms with van der Waals surface area (Å²) in [5.41, 5.74) is 5.75. The van der Waals surface area contributed by atoms with Crippen molar-refractivity contribution in [2.75, 3.05) is 18.0 Å². The van der Waals surface area contributed by atoms with Crippen LogP contribution in [0.1, 0.15) is 16.1 Å². The zero-order valence-corrected chi connectivity index (χ0v) is 8.33. The molecular formula is C8H11N3O2S. The molecule has 5 nitrogen and oxygen atoms in total. The first kappa shape index (κ1) is 9.42. The minimum absolute atomic E-state index is 0.187. The summed E-state index contributed by atoms with van der Waals surface area (Å²) in [6, 6.07) is 0.187. The summed E-state index contributed by atoms with van der Waals surface area (Å²) in [6.07, 6.45) is 2.34. The fraction of sp³-hybridized carbons (Fsp3) is 0.500. The van der Waals surface area contributed by atoms with Gasteiger partial charge in [-0.15, -0.1) is 0 Å². The highest BCUT2D eigenvalue weighted by atomic mass is 32.1. The number of carboxylic acid groups (broad SMARTS) is 1. The molecule has 0 radical (unpaired) electrons. The van der Waals surface area contributed by atoms with Crippen LogP contribution < -0.4 is 10.6 Å². The first-order valence-corrected chi connectivity index (χ1v) is 5.18. The van der Waals surface area contributed by atoms with Gasteiger partial charge in [0.15, 0.2) is 5.13 Å². The predicted molar refractivity (Wildman–Crippen MR) is 53.9 cm³/mol. The SMILES string of the molecule is NC1CCN(c2ncc(C(=O)O)s2)C1. The summed E-state index contributed by atoms with van der Waals surface area (Å²) >= 11 is 1.20. The van der Waals surface area contributed by atoms with E-state index in [1.807, 2.05) is 4.90 Å². The Labute approximate surface area is 85.2 Å². The molecule has 0 aliphatic carbocycles. The standard InChI is InChI=1S/C8H11N3O2S/c9-5-1-2-11(4-5)8-10-3-6(14-8)7(12)13/h3,5H,1-2,4,9H2,(H,12,13). The Morgan fingerprint density at radius 1 is 1.79 bits per heavy atom. The van der Waals surface area contributed by atoms with Gasteiger partial charge in [0.05, 0.1) is 6.20 Å². The van der Waals surface area contributed by atoms with Gasteiger partial charge in [-0.05, 0) is 6.42 Å². The van der Waals surface area contributed by atoms with Crippen molar-refractivity contribution in [1.82, 2.24) is 4.98 Å². The fourth-order valence-electron chi connectivity index (χ4n) is 1.47. The second-order valence-corrected chi connectivity index (χ2v) is 4.32. The molecule has 0 amide bonds. The van der Waals surface area contributed by atoms with E-state index in [0.29, 0.717) is 0 Å². The molecule has 0 bridgehead atoms. The van der Waals surface area contributed by atoms with Crippen molar-refractivity contribution in [2.24, 2.45) is 5.73 Å². The number of rotatable bonds is 2. The predicted octanol–water partition coefficient (Wildman–Crippen LogP) is 0.379. The van der Waals surface area contributed by atoms with Gasteiger partial charge in [0.25, 0.3) is 0 Å². The molecule has 0 saturated carbocycles. The number of carboxylic acids is 1. The molecule has 1 fully saturated rings. The largest absolute Gasteiger partial charge is 0.477 e. The molecular weight excluding hydrogens is 202 g/mol. The summed E-state index contributed by atoms with van der Waals surface area (Å²) < 4.78 is 0. The third-order valence-corrected chi connectivity index (χ3v) is 3.25. The van der Waals surface area contributed by atoms with Gasteiger partial charge in [-0.3, -0.25) is 0 Å². The number of aromatic carboxylic acids is 1. The number of carbonyl (C=O) groups is 1. The first-order valence-electron chi connectivity index (χ1n) is 4.36. The third-order valence-electron chi connectivity index (χ3n) is 2.20. The van der Waals surface area contributed by atoms with Crippen LogP contribution in [0.15, 0.2) is 6.20 Å². The van der Waals surface area contributed by atoms with Crippen LogP contribution in [0.25, 0.3) is 0 Å². The quantitative estimate of drug-likeness (QED) is 0.742. The Morgan fingerprint density at radius 3 is 3.07 bits per heavy atom. The van der Waals surface area contributed by atoms with Crippen LogP contribution in [-0.4, -0.2) is 35.2 Å². The van der Waals surface area contributed by atoms with Crippen molar-refractivity contribution in [3.05, 3.63) is 11.1 Å². The molecule has 1 aromatic rings. The zero-order valence-electron chi connectivity index (χ0n) is 7.51. The van der Waals surface area contributed by atoms with Gasteiger partial charge in [-0.1, -0.05) is 11.3 Å². The molecule has 1 aliphatic rings. The Bertz CT molecular complexity index is 352. The Kier molecular flexibility index (Phi) is 2.39. The monoisotopic (exact) mass is 213 g/mol. The number of hydrogen-bond donors (Lipinski definition) is 2. The van der Waals surface area contributed by atoms with Crippen LogP contribution in [0.4, 0.5) is 5.13 Å². The van der Waals surface area contributed by atoms with Crippen molar-refractivity contribution in [3.63, 3.8) is 0 Å². The number of hydrogen-bond acceptors (Lipinski definition) is 5. The second-order valence-electron chi connectivity index (χ2n) is 3.31. The van der Waals surface area contributed by atoms with Gasteiger partial charge >= 0.3 is 5.97 Å². The molecule has 1 unspecified atom stereocenters. The van der Waals surface area contributed by atoms with E-state index in [0.717, 1.165) is 24.6 Å². The van der Waals surface area contributed by atoms with Gasteiger partial charge in [-0.25, -0.2) is 9.78 Å². The van der Waals surface area contributed by atoms with E-state index in [2.05, 4.69) is 4.98 Å². The molecule has 14 heavy (non-hydrogen) atoms.